The first kappa shape index (κ1) is 18.7. The second-order valence-electron chi connectivity index (χ2n) is 6.83. The Morgan fingerprint density at radius 3 is 1.84 bits per heavy atom. The summed E-state index contributed by atoms with van der Waals surface area (Å²) in [5.41, 5.74) is 0.557. The third kappa shape index (κ3) is 14.0. The van der Waals surface area contributed by atoms with E-state index in [9.17, 15) is 0 Å². The molecule has 0 heteroatoms. The standard InChI is InChI=1S/C19H38/c1-5-7-8-9-10-11-12-13-14-15-16-18-19(3,4)17-6-2/h13-14H,5-12,15-18H2,1-4H3. The molecule has 0 fully saturated rings. The van der Waals surface area contributed by atoms with Gasteiger partial charge in [-0.1, -0.05) is 78.4 Å². The Morgan fingerprint density at radius 2 is 1.21 bits per heavy atom. The molecule has 0 bridgehead atoms. The minimum Gasteiger partial charge on any atom is -0.0885 e. The van der Waals surface area contributed by atoms with Gasteiger partial charge in [0, 0.05) is 0 Å². The van der Waals surface area contributed by atoms with E-state index in [0.717, 1.165) is 0 Å². The van der Waals surface area contributed by atoms with Crippen LogP contribution in [0.2, 0.25) is 0 Å². The SMILES string of the molecule is CCCCCCCCC=CCCCC(C)(C)CCC. The van der Waals surface area contributed by atoms with Gasteiger partial charge in [0.05, 0.1) is 0 Å². The van der Waals surface area contributed by atoms with Crippen LogP contribution >= 0.6 is 0 Å². The van der Waals surface area contributed by atoms with Gasteiger partial charge in [0.2, 0.25) is 0 Å². The van der Waals surface area contributed by atoms with Crippen LogP contribution in [0, 0.1) is 5.41 Å². The van der Waals surface area contributed by atoms with Gasteiger partial charge in [-0.3, -0.25) is 0 Å². The molecule has 0 rings (SSSR count). The van der Waals surface area contributed by atoms with Gasteiger partial charge in [0.25, 0.3) is 0 Å². The summed E-state index contributed by atoms with van der Waals surface area (Å²) in [7, 11) is 0. The molecule has 0 aliphatic heterocycles. The molecule has 19 heavy (non-hydrogen) atoms. The highest BCUT2D eigenvalue weighted by Gasteiger charge is 2.14. The minimum absolute atomic E-state index is 0.557. The maximum Gasteiger partial charge on any atom is -0.0351 e. The Hall–Kier alpha value is -0.260. The van der Waals surface area contributed by atoms with Crippen molar-refractivity contribution in [2.75, 3.05) is 0 Å². The molecule has 0 aromatic rings. The third-order valence-electron chi connectivity index (χ3n) is 4.04. The highest BCUT2D eigenvalue weighted by molar-refractivity contribution is 4.82. The van der Waals surface area contributed by atoms with Gasteiger partial charge in [-0.05, 0) is 43.9 Å². The van der Waals surface area contributed by atoms with Crippen LogP contribution < -0.4 is 0 Å². The molecule has 0 atom stereocenters. The molecule has 0 aliphatic carbocycles. The molecule has 114 valence electrons. The van der Waals surface area contributed by atoms with E-state index < -0.39 is 0 Å². The lowest BCUT2D eigenvalue weighted by Gasteiger charge is -2.23. The van der Waals surface area contributed by atoms with Crippen molar-refractivity contribution >= 4 is 0 Å². The molecule has 0 radical (unpaired) electrons. The summed E-state index contributed by atoms with van der Waals surface area (Å²) < 4.78 is 0. The number of unbranched alkanes of at least 4 members (excludes halogenated alkanes) is 7. The minimum atomic E-state index is 0.557. The smallest absolute Gasteiger partial charge is 0.0351 e. The van der Waals surface area contributed by atoms with E-state index in [2.05, 4.69) is 39.8 Å². The summed E-state index contributed by atoms with van der Waals surface area (Å²) in [4.78, 5) is 0. The highest BCUT2D eigenvalue weighted by Crippen LogP contribution is 2.28. The Balaban J connectivity index is 3.30. The normalized spacial score (nSPS) is 12.4. The Labute approximate surface area is 123 Å². The Bertz CT molecular complexity index is 200. The predicted molar refractivity (Wildman–Crippen MR) is 89.7 cm³/mol. The van der Waals surface area contributed by atoms with Gasteiger partial charge in [-0.15, -0.1) is 0 Å². The largest absolute Gasteiger partial charge is 0.0885 e. The molecule has 0 spiro atoms. The number of hydrogen-bond acceptors (Lipinski definition) is 0. The number of allylic oxidation sites excluding steroid dienone is 2. The fourth-order valence-electron chi connectivity index (χ4n) is 2.78. The molecule has 0 saturated heterocycles. The van der Waals surface area contributed by atoms with E-state index in [1.54, 1.807) is 0 Å². The van der Waals surface area contributed by atoms with Crippen molar-refractivity contribution in [3.63, 3.8) is 0 Å². The summed E-state index contributed by atoms with van der Waals surface area (Å²) >= 11 is 0. The quantitative estimate of drug-likeness (QED) is 0.242. The Morgan fingerprint density at radius 1 is 0.632 bits per heavy atom. The molecule has 0 nitrogen and oxygen atoms in total. The number of rotatable bonds is 13. The van der Waals surface area contributed by atoms with E-state index in [1.165, 1.54) is 77.0 Å². The summed E-state index contributed by atoms with van der Waals surface area (Å²) in [6, 6.07) is 0. The van der Waals surface area contributed by atoms with Gasteiger partial charge >= 0.3 is 0 Å². The van der Waals surface area contributed by atoms with Crippen molar-refractivity contribution in [3.8, 4) is 0 Å². The molecule has 0 aliphatic rings. The third-order valence-corrected chi connectivity index (χ3v) is 4.04. The zero-order valence-electron chi connectivity index (χ0n) is 14.1. The second kappa shape index (κ2) is 12.8. The lowest BCUT2D eigenvalue weighted by atomic mass is 9.83. The maximum absolute atomic E-state index is 2.41. The number of hydrogen-bond donors (Lipinski definition) is 0. The monoisotopic (exact) mass is 266 g/mol. The molecule has 0 amide bonds. The van der Waals surface area contributed by atoms with Crippen molar-refractivity contribution < 1.29 is 0 Å². The van der Waals surface area contributed by atoms with Crippen LogP contribution in [0.25, 0.3) is 0 Å². The molecule has 0 aromatic carbocycles. The van der Waals surface area contributed by atoms with Gasteiger partial charge in [0.1, 0.15) is 0 Å². The lowest BCUT2D eigenvalue weighted by Crippen LogP contribution is -2.10. The van der Waals surface area contributed by atoms with Gasteiger partial charge < -0.3 is 0 Å². The van der Waals surface area contributed by atoms with Crippen LogP contribution in [0.3, 0.4) is 0 Å². The van der Waals surface area contributed by atoms with Crippen molar-refractivity contribution in [2.24, 2.45) is 5.41 Å². The zero-order valence-corrected chi connectivity index (χ0v) is 14.1. The van der Waals surface area contributed by atoms with Gasteiger partial charge in [-0.25, -0.2) is 0 Å². The Kier molecular flexibility index (Phi) is 12.6. The van der Waals surface area contributed by atoms with Crippen LogP contribution in [0.4, 0.5) is 0 Å². The topological polar surface area (TPSA) is 0 Å². The summed E-state index contributed by atoms with van der Waals surface area (Å²) in [6.07, 6.45) is 21.3. The average molecular weight is 267 g/mol. The lowest BCUT2D eigenvalue weighted by molar-refractivity contribution is 0.297. The highest BCUT2D eigenvalue weighted by atomic mass is 14.2. The summed E-state index contributed by atoms with van der Waals surface area (Å²) in [5.74, 6) is 0. The van der Waals surface area contributed by atoms with E-state index in [4.69, 9.17) is 0 Å². The van der Waals surface area contributed by atoms with Crippen molar-refractivity contribution in [2.45, 2.75) is 105 Å². The van der Waals surface area contributed by atoms with Crippen LogP contribution in [0.5, 0.6) is 0 Å². The van der Waals surface area contributed by atoms with Crippen LogP contribution in [0.1, 0.15) is 105 Å². The first-order chi connectivity index (χ1) is 9.12. The summed E-state index contributed by atoms with van der Waals surface area (Å²) in [6.45, 7) is 9.40. The molecule has 0 N–H and O–H groups in total. The molecular weight excluding hydrogens is 228 g/mol. The van der Waals surface area contributed by atoms with E-state index in [-0.39, 0.29) is 0 Å². The fourth-order valence-corrected chi connectivity index (χ4v) is 2.78. The fraction of sp³-hybridized carbons (Fsp3) is 0.895. The first-order valence-corrected chi connectivity index (χ1v) is 8.77. The average Bonchev–Trinajstić information content (AvgIpc) is 2.36. The van der Waals surface area contributed by atoms with E-state index in [0.29, 0.717) is 5.41 Å². The molecule has 0 aromatic heterocycles. The van der Waals surface area contributed by atoms with E-state index >= 15 is 0 Å². The van der Waals surface area contributed by atoms with Crippen molar-refractivity contribution in [1.29, 1.82) is 0 Å². The van der Waals surface area contributed by atoms with Crippen LogP contribution in [0.15, 0.2) is 12.2 Å². The second-order valence-corrected chi connectivity index (χ2v) is 6.83. The zero-order chi connectivity index (χ0) is 14.4. The van der Waals surface area contributed by atoms with Crippen LogP contribution in [-0.4, -0.2) is 0 Å². The molecule has 0 saturated carbocycles. The van der Waals surface area contributed by atoms with E-state index in [1.807, 2.05) is 0 Å². The molecular formula is C19H38. The molecule has 0 unspecified atom stereocenters. The molecule has 0 heterocycles. The van der Waals surface area contributed by atoms with Crippen LogP contribution in [-0.2, 0) is 0 Å². The maximum atomic E-state index is 2.41. The van der Waals surface area contributed by atoms with Gasteiger partial charge in [0.15, 0.2) is 0 Å². The first-order valence-electron chi connectivity index (χ1n) is 8.77. The summed E-state index contributed by atoms with van der Waals surface area (Å²) in [5, 5.41) is 0. The van der Waals surface area contributed by atoms with Crippen molar-refractivity contribution in [3.05, 3.63) is 12.2 Å². The van der Waals surface area contributed by atoms with Crippen molar-refractivity contribution in [1.82, 2.24) is 0 Å². The van der Waals surface area contributed by atoms with Gasteiger partial charge in [-0.2, -0.15) is 0 Å². The predicted octanol–water partition coefficient (Wildman–Crippen LogP) is 7.29.